The monoisotopic (exact) mass is 424 g/mol. The summed E-state index contributed by atoms with van der Waals surface area (Å²) >= 11 is 0. The number of fused-ring (bicyclic) bond motifs is 1. The molecule has 3 aromatic rings. The lowest BCUT2D eigenvalue weighted by Gasteiger charge is -2.24. The Kier molecular flexibility index (Phi) is 5.57. The Morgan fingerprint density at radius 2 is 2.00 bits per heavy atom. The van der Waals surface area contributed by atoms with Gasteiger partial charge in [0.15, 0.2) is 18.1 Å². The predicted molar refractivity (Wildman–Crippen MR) is 111 cm³/mol. The van der Waals surface area contributed by atoms with Crippen LogP contribution >= 0.6 is 0 Å². The van der Waals surface area contributed by atoms with E-state index < -0.39 is 5.91 Å². The summed E-state index contributed by atoms with van der Waals surface area (Å²) in [5.41, 5.74) is 7.46. The smallest absolute Gasteiger partial charge is 0.255 e. The summed E-state index contributed by atoms with van der Waals surface area (Å²) in [6.45, 7) is 1.97. The molecule has 0 unspecified atom stereocenters. The number of halogens is 1. The van der Waals surface area contributed by atoms with E-state index in [1.165, 1.54) is 12.1 Å². The molecular weight excluding hydrogens is 403 g/mol. The van der Waals surface area contributed by atoms with Crippen LogP contribution in [0.2, 0.25) is 0 Å². The van der Waals surface area contributed by atoms with Gasteiger partial charge in [-0.1, -0.05) is 6.07 Å². The minimum absolute atomic E-state index is 0.159. The van der Waals surface area contributed by atoms with Gasteiger partial charge in [0.25, 0.3) is 5.91 Å². The molecule has 9 heteroatoms. The normalized spacial score (nSPS) is 15.2. The van der Waals surface area contributed by atoms with Crippen LogP contribution in [-0.4, -0.2) is 34.8 Å². The molecule has 1 atom stereocenters. The third kappa shape index (κ3) is 4.20. The van der Waals surface area contributed by atoms with E-state index in [4.69, 9.17) is 15.2 Å². The van der Waals surface area contributed by atoms with Crippen LogP contribution in [0.15, 0.2) is 48.7 Å². The first-order valence-corrected chi connectivity index (χ1v) is 9.77. The van der Waals surface area contributed by atoms with Crippen LogP contribution in [0.25, 0.3) is 5.69 Å². The highest BCUT2D eigenvalue weighted by Crippen LogP contribution is 2.40. The number of nitrogens with two attached hydrogens (primary N) is 1. The van der Waals surface area contributed by atoms with Gasteiger partial charge in [0.2, 0.25) is 5.91 Å². The van der Waals surface area contributed by atoms with Gasteiger partial charge in [-0.25, -0.2) is 9.07 Å². The van der Waals surface area contributed by atoms with E-state index in [1.807, 2.05) is 13.0 Å². The van der Waals surface area contributed by atoms with Crippen molar-refractivity contribution in [1.82, 2.24) is 9.78 Å². The molecule has 0 spiro atoms. The fourth-order valence-corrected chi connectivity index (χ4v) is 3.57. The molecule has 2 heterocycles. The van der Waals surface area contributed by atoms with Crippen molar-refractivity contribution in [2.45, 2.75) is 19.3 Å². The van der Waals surface area contributed by atoms with Gasteiger partial charge in [-0.05, 0) is 48.9 Å². The topological polar surface area (TPSA) is 108 Å². The molecule has 4 rings (SSSR count). The van der Waals surface area contributed by atoms with Gasteiger partial charge in [0.1, 0.15) is 11.6 Å². The van der Waals surface area contributed by atoms with Crippen LogP contribution in [0, 0.1) is 5.82 Å². The Morgan fingerprint density at radius 3 is 2.71 bits per heavy atom. The number of nitrogens with zero attached hydrogens (tertiary/aromatic N) is 2. The molecular formula is C22H21FN4O4. The van der Waals surface area contributed by atoms with Crippen LogP contribution in [0.3, 0.4) is 0 Å². The molecule has 1 aliphatic rings. The molecule has 0 radical (unpaired) electrons. The van der Waals surface area contributed by atoms with Crippen LogP contribution in [0.4, 0.5) is 10.2 Å². The third-order valence-electron chi connectivity index (χ3n) is 4.93. The first-order valence-electron chi connectivity index (χ1n) is 9.77. The molecule has 1 aliphatic heterocycles. The number of aromatic nitrogens is 2. The van der Waals surface area contributed by atoms with Crippen LogP contribution in [-0.2, 0) is 9.59 Å². The maximum absolute atomic E-state index is 13.3. The standard InChI is InChI=1S/C22H21FN4O4/c1-2-30-19-9-13(3-8-18(19)31-12-20(24)28)16-10-21(29)26-22-17(16)11-25-27(22)15-6-4-14(23)5-7-15/h3-9,11,16H,2,10,12H2,1H3,(H2,24,28)(H,26,29)/t16-/m0/s1. The number of carbonyl (C=O) groups is 2. The fraction of sp³-hybridized carbons (Fsp3) is 0.227. The van der Waals surface area contributed by atoms with E-state index in [9.17, 15) is 14.0 Å². The molecule has 31 heavy (non-hydrogen) atoms. The lowest BCUT2D eigenvalue weighted by atomic mass is 9.87. The highest BCUT2D eigenvalue weighted by molar-refractivity contribution is 5.94. The number of carbonyl (C=O) groups excluding carboxylic acids is 2. The zero-order valence-corrected chi connectivity index (χ0v) is 16.8. The summed E-state index contributed by atoms with van der Waals surface area (Å²) in [5.74, 6) is 0.0318. The van der Waals surface area contributed by atoms with Crippen molar-refractivity contribution < 1.29 is 23.5 Å². The first kappa shape index (κ1) is 20.4. The highest BCUT2D eigenvalue weighted by atomic mass is 19.1. The lowest BCUT2D eigenvalue weighted by molar-refractivity contribution is -0.120. The van der Waals surface area contributed by atoms with Gasteiger partial charge in [-0.3, -0.25) is 9.59 Å². The summed E-state index contributed by atoms with van der Waals surface area (Å²) in [6.07, 6.45) is 1.93. The number of primary amides is 1. The second-order valence-corrected chi connectivity index (χ2v) is 7.04. The maximum Gasteiger partial charge on any atom is 0.255 e. The summed E-state index contributed by atoms with van der Waals surface area (Å²) in [5, 5.41) is 7.27. The van der Waals surface area contributed by atoms with Gasteiger partial charge in [-0.2, -0.15) is 5.10 Å². The summed E-state index contributed by atoms with van der Waals surface area (Å²) in [7, 11) is 0. The minimum atomic E-state index is -0.590. The number of ether oxygens (including phenoxy) is 2. The van der Waals surface area contributed by atoms with Crippen molar-refractivity contribution >= 4 is 17.6 Å². The summed E-state index contributed by atoms with van der Waals surface area (Å²) < 4.78 is 26.0. The number of amides is 2. The molecule has 3 N–H and O–H groups in total. The number of rotatable bonds is 7. The molecule has 160 valence electrons. The second kappa shape index (κ2) is 8.47. The van der Waals surface area contributed by atoms with Gasteiger partial charge in [-0.15, -0.1) is 0 Å². The molecule has 8 nitrogen and oxygen atoms in total. The molecule has 2 aromatic carbocycles. The molecule has 0 saturated heterocycles. The average Bonchev–Trinajstić information content (AvgIpc) is 3.16. The number of hydrogen-bond acceptors (Lipinski definition) is 5. The van der Waals surface area contributed by atoms with Crippen LogP contribution in [0.5, 0.6) is 11.5 Å². The molecule has 0 aliphatic carbocycles. The zero-order valence-electron chi connectivity index (χ0n) is 16.8. The molecule has 2 amide bonds. The summed E-state index contributed by atoms with van der Waals surface area (Å²) in [6, 6.07) is 11.2. The number of hydrogen-bond donors (Lipinski definition) is 2. The summed E-state index contributed by atoms with van der Waals surface area (Å²) in [4.78, 5) is 23.5. The number of benzene rings is 2. The third-order valence-corrected chi connectivity index (χ3v) is 4.93. The van der Waals surface area contributed by atoms with Gasteiger partial charge in [0.05, 0.1) is 18.5 Å². The largest absolute Gasteiger partial charge is 0.490 e. The minimum Gasteiger partial charge on any atom is -0.490 e. The lowest BCUT2D eigenvalue weighted by Crippen LogP contribution is -2.24. The van der Waals surface area contributed by atoms with E-state index >= 15 is 0 Å². The van der Waals surface area contributed by atoms with E-state index in [0.717, 1.165) is 11.1 Å². The number of nitrogens with one attached hydrogen (secondary N) is 1. The van der Waals surface area contributed by atoms with Crippen LogP contribution in [0.1, 0.15) is 30.4 Å². The fourth-order valence-electron chi connectivity index (χ4n) is 3.57. The molecule has 0 bridgehead atoms. The Balaban J connectivity index is 1.71. The van der Waals surface area contributed by atoms with Gasteiger partial charge < -0.3 is 20.5 Å². The van der Waals surface area contributed by atoms with Crippen LogP contribution < -0.4 is 20.5 Å². The van der Waals surface area contributed by atoms with E-state index in [2.05, 4.69) is 10.4 Å². The highest BCUT2D eigenvalue weighted by Gasteiger charge is 2.31. The van der Waals surface area contributed by atoms with Gasteiger partial charge >= 0.3 is 0 Å². The van der Waals surface area contributed by atoms with Crippen molar-refractivity contribution in [2.24, 2.45) is 5.73 Å². The van der Waals surface area contributed by atoms with Crippen molar-refractivity contribution in [1.29, 1.82) is 0 Å². The maximum atomic E-state index is 13.3. The van der Waals surface area contributed by atoms with Gasteiger partial charge in [0, 0.05) is 17.9 Å². The Labute approximate surface area is 177 Å². The Morgan fingerprint density at radius 1 is 1.23 bits per heavy atom. The first-order chi connectivity index (χ1) is 15.0. The van der Waals surface area contributed by atoms with E-state index in [-0.39, 0.29) is 30.7 Å². The van der Waals surface area contributed by atoms with Crippen molar-refractivity contribution in [3.05, 3.63) is 65.6 Å². The quantitative estimate of drug-likeness (QED) is 0.606. The Bertz CT molecular complexity index is 1130. The number of anilines is 1. The van der Waals surface area contributed by atoms with Crippen molar-refractivity contribution in [2.75, 3.05) is 18.5 Å². The second-order valence-electron chi connectivity index (χ2n) is 7.04. The van der Waals surface area contributed by atoms with Crippen molar-refractivity contribution in [3.63, 3.8) is 0 Å². The molecule has 0 fully saturated rings. The zero-order chi connectivity index (χ0) is 22.0. The average molecular weight is 424 g/mol. The molecule has 0 saturated carbocycles. The predicted octanol–water partition coefficient (Wildman–Crippen LogP) is 2.75. The van der Waals surface area contributed by atoms with E-state index in [0.29, 0.717) is 29.6 Å². The Hall–Kier alpha value is -3.88. The van der Waals surface area contributed by atoms with E-state index in [1.54, 1.807) is 35.1 Å². The van der Waals surface area contributed by atoms with Crippen molar-refractivity contribution in [3.8, 4) is 17.2 Å². The SMILES string of the molecule is CCOc1cc([C@@H]2CC(=O)Nc3c2cnn3-c2ccc(F)cc2)ccc1OCC(N)=O. The molecule has 1 aromatic heterocycles.